The summed E-state index contributed by atoms with van der Waals surface area (Å²) in [5, 5.41) is 3.39. The van der Waals surface area contributed by atoms with Crippen molar-refractivity contribution >= 4 is 62.4 Å². The summed E-state index contributed by atoms with van der Waals surface area (Å²) in [4.78, 5) is 42.4. The monoisotopic (exact) mass is 648 g/mol. The second kappa shape index (κ2) is 13.0. The molecule has 2 aromatic rings. The van der Waals surface area contributed by atoms with Crippen molar-refractivity contribution < 1.29 is 40.7 Å². The molecule has 2 aliphatic heterocycles. The average molecular weight is 649 g/mol. The molecule has 2 saturated heterocycles. The van der Waals surface area contributed by atoms with Gasteiger partial charge >= 0.3 is 6.18 Å². The number of alkyl halides is 3. The van der Waals surface area contributed by atoms with E-state index in [1.807, 2.05) is 0 Å². The number of methoxy groups -OCH3 is 1. The van der Waals surface area contributed by atoms with Gasteiger partial charge in [0.15, 0.2) is 0 Å². The molecule has 16 heteroatoms. The Bertz CT molecular complexity index is 1480. The molecule has 0 saturated carbocycles. The lowest BCUT2D eigenvalue weighted by Gasteiger charge is -2.33. The van der Waals surface area contributed by atoms with Crippen LogP contribution >= 0.6 is 22.9 Å². The van der Waals surface area contributed by atoms with Gasteiger partial charge in [-0.25, -0.2) is 8.42 Å². The summed E-state index contributed by atoms with van der Waals surface area (Å²) >= 11 is 7.05. The topological polar surface area (TPSA) is 125 Å². The minimum absolute atomic E-state index is 0.0975. The number of carbonyl (C=O) groups excluding carboxylic acids is 3. The maximum Gasteiger partial charge on any atom is 0.416 e. The lowest BCUT2D eigenvalue weighted by atomic mass is 10.1. The van der Waals surface area contributed by atoms with E-state index in [9.17, 15) is 36.0 Å². The number of halogens is 4. The van der Waals surface area contributed by atoms with Gasteiger partial charge in [-0.15, -0.1) is 11.3 Å². The Hall–Kier alpha value is -3.14. The molecule has 3 heterocycles. The van der Waals surface area contributed by atoms with Crippen LogP contribution < -0.4 is 14.8 Å². The molecule has 2 fully saturated rings. The zero-order valence-electron chi connectivity index (χ0n) is 22.3. The standard InChI is InChI=1S/C26H28ClF3N4O6S2/c1-40-18-13-16(26(28,29)30)12-17(14-18)31-24(36)21-5-3-10-34(21)23(35)15-33-9-2-4-20(25(33)37)32-42(38,39)11-8-19-6-7-22(27)41-19/h6-8,11-14,20-21,32H,2-5,9-10,15H2,1H3,(H,31,36)/b11-8+/t20-,21-/m0/s1. The third kappa shape index (κ3) is 8.02. The van der Waals surface area contributed by atoms with Gasteiger partial charge in [-0.2, -0.15) is 17.9 Å². The molecule has 2 N–H and O–H groups in total. The van der Waals surface area contributed by atoms with Crippen molar-refractivity contribution in [3.05, 3.63) is 50.5 Å². The number of carbonyl (C=O) groups is 3. The Balaban J connectivity index is 1.38. The van der Waals surface area contributed by atoms with E-state index in [1.54, 1.807) is 12.1 Å². The van der Waals surface area contributed by atoms with E-state index < -0.39 is 51.6 Å². The van der Waals surface area contributed by atoms with Crippen LogP contribution in [0.15, 0.2) is 35.7 Å². The van der Waals surface area contributed by atoms with Crippen LogP contribution in [0.1, 0.15) is 36.1 Å². The summed E-state index contributed by atoms with van der Waals surface area (Å²) in [5.74, 6) is -1.86. The van der Waals surface area contributed by atoms with E-state index in [2.05, 4.69) is 10.0 Å². The molecule has 0 spiro atoms. The fraction of sp³-hybridized carbons (Fsp3) is 0.423. The summed E-state index contributed by atoms with van der Waals surface area (Å²) in [6.07, 6.45) is -1.85. The molecule has 228 valence electrons. The number of hydrogen-bond acceptors (Lipinski definition) is 7. The first kappa shape index (κ1) is 31.8. The molecule has 0 bridgehead atoms. The normalized spacial score (nSPS) is 19.9. The second-order valence-electron chi connectivity index (χ2n) is 9.74. The highest BCUT2D eigenvalue weighted by atomic mass is 35.5. The molecule has 1 aromatic carbocycles. The summed E-state index contributed by atoms with van der Waals surface area (Å²) in [7, 11) is -2.78. The fourth-order valence-electron chi connectivity index (χ4n) is 4.79. The number of likely N-dealkylation sites (tertiary alicyclic amines) is 2. The average Bonchev–Trinajstić information content (AvgIpc) is 3.58. The largest absolute Gasteiger partial charge is 0.497 e. The molecule has 2 aliphatic rings. The first-order chi connectivity index (χ1) is 19.8. The first-order valence-electron chi connectivity index (χ1n) is 12.9. The number of anilines is 1. The van der Waals surface area contributed by atoms with Gasteiger partial charge in [0.05, 0.1) is 23.6 Å². The molecule has 4 rings (SSSR count). The highest BCUT2D eigenvalue weighted by molar-refractivity contribution is 7.92. The van der Waals surface area contributed by atoms with Crippen LogP contribution in [0.4, 0.5) is 18.9 Å². The molecule has 10 nitrogen and oxygen atoms in total. The predicted octanol–water partition coefficient (Wildman–Crippen LogP) is 3.94. The van der Waals surface area contributed by atoms with Crippen LogP contribution in [0.25, 0.3) is 6.08 Å². The van der Waals surface area contributed by atoms with E-state index in [4.69, 9.17) is 16.3 Å². The van der Waals surface area contributed by atoms with Gasteiger partial charge in [0.1, 0.15) is 17.8 Å². The lowest BCUT2D eigenvalue weighted by Crippen LogP contribution is -2.55. The SMILES string of the molecule is COc1cc(NC(=O)[C@@H]2CCCN2C(=O)CN2CCC[C@H](NS(=O)(=O)/C=C/c3ccc(Cl)s3)C2=O)cc(C(F)(F)F)c1. The van der Waals surface area contributed by atoms with Gasteiger partial charge in [-0.1, -0.05) is 11.6 Å². The molecule has 0 unspecified atom stereocenters. The Morgan fingerprint density at radius 3 is 2.57 bits per heavy atom. The van der Waals surface area contributed by atoms with Crippen LogP contribution in [0, 0.1) is 0 Å². The predicted molar refractivity (Wildman–Crippen MR) is 151 cm³/mol. The fourth-order valence-corrected chi connectivity index (χ4v) is 6.86. The number of nitrogens with one attached hydrogen (secondary N) is 2. The number of sulfonamides is 1. The van der Waals surface area contributed by atoms with Gasteiger partial charge in [-0.3, -0.25) is 14.4 Å². The smallest absolute Gasteiger partial charge is 0.416 e. The Morgan fingerprint density at radius 2 is 1.90 bits per heavy atom. The number of thiophene rings is 1. The minimum Gasteiger partial charge on any atom is -0.497 e. The van der Waals surface area contributed by atoms with Gasteiger partial charge in [0.2, 0.25) is 27.7 Å². The van der Waals surface area contributed by atoms with Gasteiger partial charge in [0, 0.05) is 35.1 Å². The number of benzene rings is 1. The minimum atomic E-state index is -4.66. The highest BCUT2D eigenvalue weighted by Gasteiger charge is 2.38. The van der Waals surface area contributed by atoms with Gasteiger partial charge < -0.3 is 19.9 Å². The van der Waals surface area contributed by atoms with E-state index >= 15 is 0 Å². The number of nitrogens with zero attached hydrogens (tertiary/aromatic N) is 2. The number of piperidine rings is 1. The Kier molecular flexibility index (Phi) is 9.85. The Labute approximate surface area is 249 Å². The first-order valence-corrected chi connectivity index (χ1v) is 15.6. The van der Waals surface area contributed by atoms with E-state index in [0.717, 1.165) is 17.5 Å². The van der Waals surface area contributed by atoms with Crippen molar-refractivity contribution in [1.29, 1.82) is 0 Å². The zero-order chi connectivity index (χ0) is 30.7. The third-order valence-electron chi connectivity index (χ3n) is 6.78. The van der Waals surface area contributed by atoms with E-state index in [-0.39, 0.29) is 43.9 Å². The Morgan fingerprint density at radius 1 is 1.17 bits per heavy atom. The summed E-state index contributed by atoms with van der Waals surface area (Å²) < 4.78 is 72.7. The van der Waals surface area contributed by atoms with Crippen LogP contribution in [0.5, 0.6) is 5.75 Å². The summed E-state index contributed by atoms with van der Waals surface area (Å²) in [6.45, 7) is 0.0707. The van der Waals surface area contributed by atoms with Gasteiger partial charge in [-0.05, 0) is 56.0 Å². The molecule has 2 atom stereocenters. The highest BCUT2D eigenvalue weighted by Crippen LogP contribution is 2.34. The number of ether oxygens (including phenoxy) is 1. The molecular formula is C26H28ClF3N4O6S2. The van der Waals surface area contributed by atoms with Crippen molar-refractivity contribution in [2.45, 2.75) is 43.9 Å². The molecule has 42 heavy (non-hydrogen) atoms. The van der Waals surface area contributed by atoms with Crippen molar-refractivity contribution in [3.8, 4) is 5.75 Å². The maximum absolute atomic E-state index is 13.3. The van der Waals surface area contributed by atoms with E-state index in [1.165, 1.54) is 40.4 Å². The van der Waals surface area contributed by atoms with Crippen molar-refractivity contribution in [3.63, 3.8) is 0 Å². The molecule has 1 aromatic heterocycles. The van der Waals surface area contributed by atoms with E-state index in [0.29, 0.717) is 22.1 Å². The second-order valence-corrected chi connectivity index (χ2v) is 13.1. The van der Waals surface area contributed by atoms with Crippen LogP contribution in [0.3, 0.4) is 0 Å². The summed E-state index contributed by atoms with van der Waals surface area (Å²) in [5.41, 5.74) is -1.14. The van der Waals surface area contributed by atoms with Crippen LogP contribution in [0.2, 0.25) is 4.34 Å². The maximum atomic E-state index is 13.3. The molecule has 0 radical (unpaired) electrons. The van der Waals surface area contributed by atoms with Crippen LogP contribution in [-0.2, 0) is 30.6 Å². The number of amides is 3. The van der Waals surface area contributed by atoms with Crippen molar-refractivity contribution in [2.24, 2.45) is 0 Å². The van der Waals surface area contributed by atoms with Crippen molar-refractivity contribution in [1.82, 2.24) is 14.5 Å². The number of hydrogen-bond donors (Lipinski definition) is 2. The third-order valence-corrected chi connectivity index (χ3v) is 9.09. The lowest BCUT2D eigenvalue weighted by molar-refractivity contribution is -0.144. The zero-order valence-corrected chi connectivity index (χ0v) is 24.7. The van der Waals surface area contributed by atoms with Gasteiger partial charge in [0.25, 0.3) is 0 Å². The summed E-state index contributed by atoms with van der Waals surface area (Å²) in [6, 6.07) is 4.08. The quantitative estimate of drug-likeness (QED) is 0.425. The molecular weight excluding hydrogens is 621 g/mol. The van der Waals surface area contributed by atoms with Crippen LogP contribution in [-0.4, -0.2) is 74.8 Å². The molecule has 3 amide bonds. The number of rotatable bonds is 9. The molecule has 0 aliphatic carbocycles. The van der Waals surface area contributed by atoms with Crippen molar-refractivity contribution in [2.75, 3.05) is 32.1 Å².